The summed E-state index contributed by atoms with van der Waals surface area (Å²) in [4.78, 5) is 35.6. The Morgan fingerprint density at radius 3 is 2.37 bits per heavy atom. The lowest BCUT2D eigenvalue weighted by molar-refractivity contribution is -0.137. The molecule has 0 aromatic rings. The van der Waals surface area contributed by atoms with Crippen molar-refractivity contribution in [2.75, 3.05) is 6.54 Å². The van der Waals surface area contributed by atoms with Gasteiger partial charge in [0.25, 0.3) is 0 Å². The van der Waals surface area contributed by atoms with E-state index in [4.69, 9.17) is 5.11 Å². The van der Waals surface area contributed by atoms with E-state index < -0.39 is 18.0 Å². The van der Waals surface area contributed by atoms with Crippen LogP contribution in [0.15, 0.2) is 0 Å². The fraction of sp³-hybridized carbons (Fsp3) is 0.750. The lowest BCUT2D eigenvalue weighted by Gasteiger charge is -2.23. The number of hydrogen-bond acceptors (Lipinski definition) is 3. The van der Waals surface area contributed by atoms with E-state index in [0.29, 0.717) is 0 Å². The number of nitrogens with zero attached hydrogens (tertiary/aromatic N) is 1. The highest BCUT2D eigenvalue weighted by Gasteiger charge is 2.35. The molecule has 3 N–H and O–H groups in total. The summed E-state index contributed by atoms with van der Waals surface area (Å²) in [5, 5.41) is 14.1. The molecule has 0 aromatic carbocycles. The van der Waals surface area contributed by atoms with Crippen molar-refractivity contribution in [3.8, 4) is 0 Å². The van der Waals surface area contributed by atoms with E-state index in [0.717, 1.165) is 25.7 Å². The van der Waals surface area contributed by atoms with Crippen LogP contribution in [0.2, 0.25) is 0 Å². The molecule has 0 heterocycles. The lowest BCUT2D eigenvalue weighted by atomic mass is 10.3. The van der Waals surface area contributed by atoms with Crippen LogP contribution in [-0.4, -0.2) is 52.6 Å². The van der Waals surface area contributed by atoms with Crippen LogP contribution in [-0.2, 0) is 9.59 Å². The van der Waals surface area contributed by atoms with E-state index in [2.05, 4.69) is 10.6 Å². The van der Waals surface area contributed by atoms with E-state index in [1.165, 1.54) is 4.90 Å². The molecule has 7 heteroatoms. The van der Waals surface area contributed by atoms with Gasteiger partial charge in [-0.25, -0.2) is 4.79 Å². The summed E-state index contributed by atoms with van der Waals surface area (Å²) < 4.78 is 0. The van der Waals surface area contributed by atoms with Gasteiger partial charge >= 0.3 is 12.0 Å². The number of carbonyl (C=O) groups is 3. The maximum atomic E-state index is 11.9. The van der Waals surface area contributed by atoms with Crippen LogP contribution in [0, 0.1) is 0 Å². The minimum atomic E-state index is -1.04. The first-order valence-electron chi connectivity index (χ1n) is 6.56. The van der Waals surface area contributed by atoms with Crippen LogP contribution in [0.1, 0.15) is 32.6 Å². The lowest BCUT2D eigenvalue weighted by Crippen LogP contribution is -2.51. The van der Waals surface area contributed by atoms with Gasteiger partial charge in [-0.3, -0.25) is 9.59 Å². The number of aliphatic carboxylic acids is 1. The number of amides is 3. The highest BCUT2D eigenvalue weighted by Crippen LogP contribution is 2.26. The third-order valence-electron chi connectivity index (χ3n) is 3.21. The summed E-state index contributed by atoms with van der Waals surface area (Å²) >= 11 is 0. The van der Waals surface area contributed by atoms with Crippen molar-refractivity contribution in [3.63, 3.8) is 0 Å². The SMILES string of the molecule is CC(NC(=O)N(CC(=O)O)C1CC1)C(=O)NC1CC1. The third-order valence-corrected chi connectivity index (χ3v) is 3.21. The van der Waals surface area contributed by atoms with E-state index in [9.17, 15) is 14.4 Å². The van der Waals surface area contributed by atoms with E-state index in [1.54, 1.807) is 6.92 Å². The molecule has 2 aliphatic rings. The molecule has 2 saturated carbocycles. The quantitative estimate of drug-likeness (QED) is 0.627. The average molecular weight is 269 g/mol. The minimum Gasteiger partial charge on any atom is -0.480 e. The Kier molecular flexibility index (Phi) is 3.92. The summed E-state index contributed by atoms with van der Waals surface area (Å²) in [6.45, 7) is 1.27. The minimum absolute atomic E-state index is 0.00482. The maximum Gasteiger partial charge on any atom is 0.323 e. The van der Waals surface area contributed by atoms with Gasteiger partial charge in [-0.05, 0) is 32.6 Å². The van der Waals surface area contributed by atoms with Crippen LogP contribution in [0.25, 0.3) is 0 Å². The summed E-state index contributed by atoms with van der Waals surface area (Å²) in [6.07, 6.45) is 3.62. The average Bonchev–Trinajstić information content (AvgIpc) is 3.18. The van der Waals surface area contributed by atoms with Crippen LogP contribution in [0.3, 0.4) is 0 Å². The third kappa shape index (κ3) is 4.11. The van der Waals surface area contributed by atoms with Gasteiger partial charge < -0.3 is 20.6 Å². The second-order valence-corrected chi connectivity index (χ2v) is 5.21. The van der Waals surface area contributed by atoms with Crippen molar-refractivity contribution < 1.29 is 19.5 Å². The Balaban J connectivity index is 1.82. The van der Waals surface area contributed by atoms with Gasteiger partial charge in [-0.2, -0.15) is 0 Å². The number of carboxylic acid groups (broad SMARTS) is 1. The normalized spacial score (nSPS) is 19.4. The Labute approximate surface area is 111 Å². The molecule has 7 nitrogen and oxygen atoms in total. The van der Waals surface area contributed by atoms with Gasteiger partial charge in [-0.1, -0.05) is 0 Å². The molecule has 19 heavy (non-hydrogen) atoms. The molecule has 2 fully saturated rings. The zero-order valence-electron chi connectivity index (χ0n) is 10.9. The van der Waals surface area contributed by atoms with E-state index in [1.807, 2.05) is 0 Å². The zero-order chi connectivity index (χ0) is 14.0. The monoisotopic (exact) mass is 269 g/mol. The molecular formula is C12H19N3O4. The molecule has 0 radical (unpaired) electrons. The summed E-state index contributed by atoms with van der Waals surface area (Å²) in [6, 6.07) is -0.897. The Bertz CT molecular complexity index is 390. The van der Waals surface area contributed by atoms with Gasteiger partial charge in [0.2, 0.25) is 5.91 Å². The summed E-state index contributed by atoms with van der Waals surface area (Å²) in [5.74, 6) is -1.26. The van der Waals surface area contributed by atoms with Crippen molar-refractivity contribution in [2.45, 2.75) is 50.7 Å². The van der Waals surface area contributed by atoms with Crippen LogP contribution in [0.5, 0.6) is 0 Å². The Hall–Kier alpha value is -1.79. The van der Waals surface area contributed by atoms with Crippen LogP contribution >= 0.6 is 0 Å². The zero-order valence-corrected chi connectivity index (χ0v) is 10.9. The van der Waals surface area contributed by atoms with E-state index in [-0.39, 0.29) is 24.5 Å². The number of hydrogen-bond donors (Lipinski definition) is 3. The number of urea groups is 1. The first-order chi connectivity index (χ1) is 8.97. The van der Waals surface area contributed by atoms with E-state index >= 15 is 0 Å². The fourth-order valence-corrected chi connectivity index (χ4v) is 1.79. The predicted octanol–water partition coefficient (Wildman–Crippen LogP) is -0.0879. The van der Waals surface area contributed by atoms with Gasteiger partial charge in [0.15, 0.2) is 0 Å². The molecular weight excluding hydrogens is 250 g/mol. The Morgan fingerprint density at radius 2 is 1.89 bits per heavy atom. The number of carbonyl (C=O) groups excluding carboxylic acids is 2. The van der Waals surface area contributed by atoms with Crippen LogP contribution in [0.4, 0.5) is 4.79 Å². The van der Waals surface area contributed by atoms with Crippen molar-refractivity contribution in [3.05, 3.63) is 0 Å². The van der Waals surface area contributed by atoms with Crippen molar-refractivity contribution >= 4 is 17.9 Å². The smallest absolute Gasteiger partial charge is 0.323 e. The predicted molar refractivity (Wildman–Crippen MR) is 66.5 cm³/mol. The van der Waals surface area contributed by atoms with Gasteiger partial charge in [0, 0.05) is 12.1 Å². The Morgan fingerprint density at radius 1 is 1.26 bits per heavy atom. The van der Waals surface area contributed by atoms with Crippen molar-refractivity contribution in [1.29, 1.82) is 0 Å². The second kappa shape index (κ2) is 5.46. The molecule has 2 rings (SSSR count). The molecule has 1 unspecified atom stereocenters. The highest BCUT2D eigenvalue weighted by atomic mass is 16.4. The fourth-order valence-electron chi connectivity index (χ4n) is 1.79. The number of carboxylic acids is 1. The molecule has 0 saturated heterocycles. The molecule has 106 valence electrons. The summed E-state index contributed by atoms with van der Waals surface area (Å²) in [7, 11) is 0. The van der Waals surface area contributed by atoms with Crippen molar-refractivity contribution in [2.24, 2.45) is 0 Å². The highest BCUT2D eigenvalue weighted by molar-refractivity contribution is 5.88. The number of nitrogens with one attached hydrogen (secondary N) is 2. The van der Waals surface area contributed by atoms with Gasteiger partial charge in [0.1, 0.15) is 12.6 Å². The molecule has 1 atom stereocenters. The van der Waals surface area contributed by atoms with Gasteiger partial charge in [0.05, 0.1) is 0 Å². The molecule has 0 aliphatic heterocycles. The van der Waals surface area contributed by atoms with Gasteiger partial charge in [-0.15, -0.1) is 0 Å². The number of rotatable bonds is 6. The second-order valence-electron chi connectivity index (χ2n) is 5.21. The largest absolute Gasteiger partial charge is 0.480 e. The van der Waals surface area contributed by atoms with Crippen molar-refractivity contribution in [1.82, 2.24) is 15.5 Å². The molecule has 0 aromatic heterocycles. The summed E-state index contributed by atoms with van der Waals surface area (Å²) in [5.41, 5.74) is 0. The maximum absolute atomic E-state index is 11.9. The molecule has 3 amide bonds. The first-order valence-corrected chi connectivity index (χ1v) is 6.56. The molecule has 2 aliphatic carbocycles. The molecule has 0 spiro atoms. The first kappa shape index (κ1) is 13.6. The topological polar surface area (TPSA) is 98.7 Å². The standard InChI is InChI=1S/C12H19N3O4/c1-7(11(18)14-8-2-3-8)13-12(19)15(6-10(16)17)9-4-5-9/h7-9H,2-6H2,1H3,(H,13,19)(H,14,18)(H,16,17). The van der Waals surface area contributed by atoms with Crippen LogP contribution < -0.4 is 10.6 Å². The molecule has 0 bridgehead atoms.